The molecular weight excluding hydrogens is 266 g/mol. The van der Waals surface area contributed by atoms with Gasteiger partial charge < -0.3 is 10.2 Å². The lowest BCUT2D eigenvalue weighted by Crippen LogP contribution is -2.24. The fraction of sp³-hybridized carbons (Fsp3) is 0.438. The first kappa shape index (κ1) is 13.4. The van der Waals surface area contributed by atoms with Gasteiger partial charge in [-0.25, -0.2) is 4.98 Å². The number of hydrogen-bond donors (Lipinski definition) is 1. The highest BCUT2D eigenvalue weighted by molar-refractivity contribution is 7.09. The molecule has 0 radical (unpaired) electrons. The molecule has 0 unspecified atom stereocenters. The average Bonchev–Trinajstić information content (AvgIpc) is 2.85. The van der Waals surface area contributed by atoms with Crippen molar-refractivity contribution in [1.82, 2.24) is 4.98 Å². The van der Waals surface area contributed by atoms with Gasteiger partial charge in [0.2, 0.25) is 0 Å². The van der Waals surface area contributed by atoms with Crippen molar-refractivity contribution in [3.8, 4) is 0 Å². The Morgan fingerprint density at radius 1 is 1.40 bits per heavy atom. The van der Waals surface area contributed by atoms with Crippen molar-refractivity contribution >= 4 is 22.7 Å². The number of fused-ring (bicyclic) bond motifs is 1. The van der Waals surface area contributed by atoms with E-state index in [0.717, 1.165) is 18.7 Å². The first-order chi connectivity index (χ1) is 9.72. The van der Waals surface area contributed by atoms with E-state index in [1.54, 1.807) is 11.3 Å². The van der Waals surface area contributed by atoms with E-state index in [4.69, 9.17) is 0 Å². The summed E-state index contributed by atoms with van der Waals surface area (Å²) in [5.74, 6) is 0. The lowest BCUT2D eigenvalue weighted by molar-refractivity contribution is 0.744. The minimum Gasteiger partial charge on any atom is -0.385 e. The molecule has 2 aromatic rings. The average molecular weight is 287 g/mol. The minimum atomic E-state index is 0.946. The fourth-order valence-electron chi connectivity index (χ4n) is 2.73. The molecular formula is C16H21N3S. The maximum Gasteiger partial charge on any atom is 0.0945 e. The van der Waals surface area contributed by atoms with Gasteiger partial charge >= 0.3 is 0 Å². The van der Waals surface area contributed by atoms with Gasteiger partial charge in [0.05, 0.1) is 5.01 Å². The van der Waals surface area contributed by atoms with Crippen LogP contribution >= 0.6 is 11.3 Å². The van der Waals surface area contributed by atoms with Crippen molar-refractivity contribution in [2.75, 3.05) is 30.4 Å². The van der Waals surface area contributed by atoms with Crippen LogP contribution in [0.15, 0.2) is 23.6 Å². The number of aromatic nitrogens is 1. The molecule has 2 heterocycles. The predicted molar refractivity (Wildman–Crippen MR) is 87.1 cm³/mol. The first-order valence-corrected chi connectivity index (χ1v) is 8.09. The van der Waals surface area contributed by atoms with Crippen molar-refractivity contribution in [1.29, 1.82) is 0 Å². The SMILES string of the molecule is Cc1csc(CCNc2ccc3c(c2)CCCN3C)n1. The van der Waals surface area contributed by atoms with Crippen LogP contribution in [-0.2, 0) is 12.8 Å². The molecule has 0 aliphatic carbocycles. The third kappa shape index (κ3) is 2.96. The number of aryl methyl sites for hydroxylation is 2. The number of benzene rings is 1. The van der Waals surface area contributed by atoms with Gasteiger partial charge in [-0.1, -0.05) is 0 Å². The lowest BCUT2D eigenvalue weighted by Gasteiger charge is -2.27. The van der Waals surface area contributed by atoms with Crippen LogP contribution in [0.1, 0.15) is 22.7 Å². The topological polar surface area (TPSA) is 28.2 Å². The maximum absolute atomic E-state index is 4.49. The molecule has 3 nitrogen and oxygen atoms in total. The summed E-state index contributed by atoms with van der Waals surface area (Å²) in [5.41, 5.74) is 5.21. The summed E-state index contributed by atoms with van der Waals surface area (Å²) in [7, 11) is 2.18. The highest BCUT2D eigenvalue weighted by Crippen LogP contribution is 2.28. The molecule has 0 saturated heterocycles. The Balaban J connectivity index is 1.60. The third-order valence-electron chi connectivity index (χ3n) is 3.76. The summed E-state index contributed by atoms with van der Waals surface area (Å²) in [5, 5.41) is 6.85. The van der Waals surface area contributed by atoms with Gasteiger partial charge in [0.1, 0.15) is 0 Å². The lowest BCUT2D eigenvalue weighted by atomic mass is 10.0. The molecule has 0 spiro atoms. The normalized spacial score (nSPS) is 14.2. The van der Waals surface area contributed by atoms with E-state index in [1.165, 1.54) is 41.3 Å². The van der Waals surface area contributed by atoms with E-state index in [-0.39, 0.29) is 0 Å². The van der Waals surface area contributed by atoms with Gasteiger partial charge in [0, 0.05) is 49.0 Å². The molecule has 1 aliphatic rings. The Labute approximate surface area is 124 Å². The molecule has 0 bridgehead atoms. The number of hydrogen-bond acceptors (Lipinski definition) is 4. The first-order valence-electron chi connectivity index (χ1n) is 7.21. The highest BCUT2D eigenvalue weighted by Gasteiger charge is 2.13. The summed E-state index contributed by atoms with van der Waals surface area (Å²) >= 11 is 1.75. The second-order valence-corrected chi connectivity index (χ2v) is 6.37. The standard InChI is InChI=1S/C16H21N3S/c1-12-11-20-16(18-12)7-8-17-14-5-6-15-13(10-14)4-3-9-19(15)2/h5-6,10-11,17H,3-4,7-9H2,1-2H3. The fourth-order valence-corrected chi connectivity index (χ4v) is 3.50. The zero-order chi connectivity index (χ0) is 13.9. The maximum atomic E-state index is 4.49. The van der Waals surface area contributed by atoms with Crippen molar-refractivity contribution in [3.63, 3.8) is 0 Å². The third-order valence-corrected chi connectivity index (χ3v) is 4.79. The van der Waals surface area contributed by atoms with Gasteiger partial charge in [-0.2, -0.15) is 0 Å². The Morgan fingerprint density at radius 2 is 2.30 bits per heavy atom. The summed E-state index contributed by atoms with van der Waals surface area (Å²) in [6.45, 7) is 4.16. The van der Waals surface area contributed by atoms with Crippen LogP contribution in [0.25, 0.3) is 0 Å². The van der Waals surface area contributed by atoms with Crippen LogP contribution < -0.4 is 10.2 Å². The molecule has 0 saturated carbocycles. The van der Waals surface area contributed by atoms with E-state index in [1.807, 2.05) is 6.92 Å². The highest BCUT2D eigenvalue weighted by atomic mass is 32.1. The second-order valence-electron chi connectivity index (χ2n) is 5.43. The molecule has 20 heavy (non-hydrogen) atoms. The van der Waals surface area contributed by atoms with Crippen molar-refractivity contribution in [2.24, 2.45) is 0 Å². The summed E-state index contributed by atoms with van der Waals surface area (Å²) in [4.78, 5) is 6.84. The number of nitrogens with one attached hydrogen (secondary N) is 1. The Bertz CT molecular complexity index is 591. The largest absolute Gasteiger partial charge is 0.385 e. The summed E-state index contributed by atoms with van der Waals surface area (Å²) in [6, 6.07) is 6.73. The smallest absolute Gasteiger partial charge is 0.0945 e. The van der Waals surface area contributed by atoms with Crippen LogP contribution in [0.5, 0.6) is 0 Å². The number of thiazole rings is 1. The number of rotatable bonds is 4. The van der Waals surface area contributed by atoms with Gasteiger partial charge in [-0.05, 0) is 43.5 Å². The second kappa shape index (κ2) is 5.83. The van der Waals surface area contributed by atoms with Crippen LogP contribution in [0.3, 0.4) is 0 Å². The van der Waals surface area contributed by atoms with Crippen molar-refractivity contribution in [2.45, 2.75) is 26.2 Å². The molecule has 1 aromatic carbocycles. The number of anilines is 2. The minimum absolute atomic E-state index is 0.946. The van der Waals surface area contributed by atoms with Gasteiger partial charge in [-0.3, -0.25) is 0 Å². The number of nitrogens with zero attached hydrogens (tertiary/aromatic N) is 2. The Kier molecular flexibility index (Phi) is 3.92. The quantitative estimate of drug-likeness (QED) is 0.933. The Hall–Kier alpha value is -1.55. The van der Waals surface area contributed by atoms with Crippen LogP contribution in [0.2, 0.25) is 0 Å². The van der Waals surface area contributed by atoms with E-state index in [0.29, 0.717) is 0 Å². The molecule has 3 rings (SSSR count). The van der Waals surface area contributed by atoms with E-state index < -0.39 is 0 Å². The summed E-state index contributed by atoms with van der Waals surface area (Å²) in [6.07, 6.45) is 3.45. The molecule has 0 fully saturated rings. The summed E-state index contributed by atoms with van der Waals surface area (Å²) < 4.78 is 0. The molecule has 0 atom stereocenters. The molecule has 1 aliphatic heterocycles. The van der Waals surface area contributed by atoms with E-state index in [2.05, 4.69) is 45.8 Å². The monoisotopic (exact) mass is 287 g/mol. The van der Waals surface area contributed by atoms with Crippen molar-refractivity contribution in [3.05, 3.63) is 39.8 Å². The predicted octanol–water partition coefficient (Wildman–Crippen LogP) is 3.49. The van der Waals surface area contributed by atoms with Crippen molar-refractivity contribution < 1.29 is 0 Å². The molecule has 4 heteroatoms. The molecule has 1 aromatic heterocycles. The van der Waals surface area contributed by atoms with Crippen LogP contribution in [0.4, 0.5) is 11.4 Å². The van der Waals surface area contributed by atoms with E-state index in [9.17, 15) is 0 Å². The molecule has 106 valence electrons. The zero-order valence-electron chi connectivity index (χ0n) is 12.1. The van der Waals surface area contributed by atoms with Gasteiger partial charge in [0.25, 0.3) is 0 Å². The van der Waals surface area contributed by atoms with E-state index >= 15 is 0 Å². The molecule has 0 amide bonds. The van der Waals surface area contributed by atoms with Gasteiger partial charge in [0.15, 0.2) is 0 Å². The van der Waals surface area contributed by atoms with Crippen LogP contribution in [-0.4, -0.2) is 25.1 Å². The molecule has 1 N–H and O–H groups in total. The Morgan fingerprint density at radius 3 is 3.10 bits per heavy atom. The van der Waals surface area contributed by atoms with Gasteiger partial charge in [-0.15, -0.1) is 11.3 Å². The van der Waals surface area contributed by atoms with Crippen LogP contribution in [0, 0.1) is 6.92 Å². The zero-order valence-corrected chi connectivity index (χ0v) is 13.0.